The molecular formula is C15H20N2O7. The van der Waals surface area contributed by atoms with E-state index in [9.17, 15) is 19.7 Å². The predicted molar refractivity (Wildman–Crippen MR) is 83.9 cm³/mol. The largest absolute Gasteiger partial charge is 0.490 e. The Morgan fingerprint density at radius 3 is 2.54 bits per heavy atom. The van der Waals surface area contributed by atoms with Crippen molar-refractivity contribution in [2.75, 3.05) is 33.9 Å². The van der Waals surface area contributed by atoms with Gasteiger partial charge in [-0.1, -0.05) is 0 Å². The first-order valence-corrected chi connectivity index (χ1v) is 7.24. The van der Waals surface area contributed by atoms with E-state index < -0.39 is 16.8 Å². The molecule has 1 rings (SSSR count). The number of ether oxygens (including phenoxy) is 2. The van der Waals surface area contributed by atoms with Gasteiger partial charge in [0.2, 0.25) is 0 Å². The van der Waals surface area contributed by atoms with Crippen LogP contribution in [0.25, 0.3) is 0 Å². The molecule has 9 nitrogen and oxygen atoms in total. The Morgan fingerprint density at radius 1 is 1.29 bits per heavy atom. The Hall–Kier alpha value is -2.68. The zero-order chi connectivity index (χ0) is 18.1. The number of benzene rings is 1. The molecule has 1 aromatic carbocycles. The first-order chi connectivity index (χ1) is 11.4. The van der Waals surface area contributed by atoms with Gasteiger partial charge in [0.15, 0.2) is 5.75 Å². The number of methoxy groups -OCH3 is 2. The second-order valence-electron chi connectivity index (χ2n) is 4.84. The number of hydrogen-bond donors (Lipinski definition) is 1. The van der Waals surface area contributed by atoms with Crippen LogP contribution in [0.5, 0.6) is 5.75 Å². The first kappa shape index (κ1) is 19.4. The molecule has 24 heavy (non-hydrogen) atoms. The molecule has 0 aliphatic heterocycles. The third kappa shape index (κ3) is 5.20. The predicted octanol–water partition coefficient (Wildman–Crippen LogP) is 0.991. The summed E-state index contributed by atoms with van der Waals surface area (Å²) < 4.78 is 9.44. The van der Waals surface area contributed by atoms with E-state index >= 15 is 0 Å². The molecule has 0 unspecified atom stereocenters. The molecule has 0 heterocycles. The summed E-state index contributed by atoms with van der Waals surface area (Å²) in [6.07, 6.45) is 0.317. The van der Waals surface area contributed by atoms with Crippen molar-refractivity contribution in [3.63, 3.8) is 0 Å². The van der Waals surface area contributed by atoms with Crippen molar-refractivity contribution in [3.05, 3.63) is 33.9 Å². The van der Waals surface area contributed by atoms with Crippen LogP contribution in [0.1, 0.15) is 23.2 Å². The highest BCUT2D eigenvalue weighted by Crippen LogP contribution is 2.28. The Balaban J connectivity index is 3.01. The summed E-state index contributed by atoms with van der Waals surface area (Å²) in [7, 11) is 2.54. The maximum atomic E-state index is 12.6. The highest BCUT2D eigenvalue weighted by molar-refractivity contribution is 5.95. The van der Waals surface area contributed by atoms with Crippen LogP contribution in [0, 0.1) is 10.1 Å². The Bertz CT molecular complexity index is 603. The number of nitro benzene ring substituents is 1. The number of nitro groups is 1. The van der Waals surface area contributed by atoms with Gasteiger partial charge in [0, 0.05) is 31.3 Å². The van der Waals surface area contributed by atoms with E-state index in [4.69, 9.17) is 9.84 Å². The molecule has 0 spiro atoms. The third-order valence-electron chi connectivity index (χ3n) is 3.31. The number of rotatable bonds is 9. The summed E-state index contributed by atoms with van der Waals surface area (Å²) in [5.41, 5.74) is -0.219. The molecule has 1 N–H and O–H groups in total. The van der Waals surface area contributed by atoms with E-state index in [2.05, 4.69) is 4.74 Å². The summed E-state index contributed by atoms with van der Waals surface area (Å²) in [5.74, 6) is -0.899. The van der Waals surface area contributed by atoms with Crippen molar-refractivity contribution in [1.29, 1.82) is 0 Å². The lowest BCUT2D eigenvalue weighted by molar-refractivity contribution is -0.385. The maximum absolute atomic E-state index is 12.6. The summed E-state index contributed by atoms with van der Waals surface area (Å²) in [5, 5.41) is 20.0. The molecule has 132 valence electrons. The van der Waals surface area contributed by atoms with Gasteiger partial charge in [-0.2, -0.15) is 0 Å². The topological polar surface area (TPSA) is 119 Å². The second-order valence-corrected chi connectivity index (χ2v) is 4.84. The van der Waals surface area contributed by atoms with Gasteiger partial charge < -0.3 is 19.5 Å². The average molecular weight is 340 g/mol. The Labute approximate surface area is 138 Å². The standard InChI is InChI=1S/C15H20N2O7/c1-23-13-5-4-11(10-12(13)17(21)22)15(20)16(7-3-9-18)8-6-14(19)24-2/h4-5,10,18H,3,6-9H2,1-2H3. The number of carbonyl (C=O) groups is 2. The Morgan fingerprint density at radius 2 is 2.00 bits per heavy atom. The van der Waals surface area contributed by atoms with Crippen LogP contribution in [0.15, 0.2) is 18.2 Å². The number of carbonyl (C=O) groups excluding carboxylic acids is 2. The third-order valence-corrected chi connectivity index (χ3v) is 3.31. The van der Waals surface area contributed by atoms with Gasteiger partial charge in [-0.3, -0.25) is 19.7 Å². The highest BCUT2D eigenvalue weighted by atomic mass is 16.6. The van der Waals surface area contributed by atoms with Gasteiger partial charge in [-0.05, 0) is 18.6 Å². The van der Waals surface area contributed by atoms with Crippen LogP contribution in [-0.2, 0) is 9.53 Å². The molecular weight excluding hydrogens is 320 g/mol. The molecule has 0 saturated heterocycles. The van der Waals surface area contributed by atoms with Crippen LogP contribution in [-0.4, -0.2) is 60.7 Å². The molecule has 0 saturated carbocycles. The van der Waals surface area contributed by atoms with Gasteiger partial charge in [0.25, 0.3) is 5.91 Å². The van der Waals surface area contributed by atoms with Crippen molar-refractivity contribution in [3.8, 4) is 5.75 Å². The molecule has 1 aromatic rings. The van der Waals surface area contributed by atoms with Crippen molar-refractivity contribution in [2.45, 2.75) is 12.8 Å². The molecule has 0 atom stereocenters. The number of hydrogen-bond acceptors (Lipinski definition) is 7. The molecule has 0 radical (unpaired) electrons. The van der Waals surface area contributed by atoms with Crippen molar-refractivity contribution < 1.29 is 29.1 Å². The van der Waals surface area contributed by atoms with E-state index in [1.807, 2.05) is 0 Å². The maximum Gasteiger partial charge on any atom is 0.311 e. The lowest BCUT2D eigenvalue weighted by Crippen LogP contribution is -2.34. The van der Waals surface area contributed by atoms with Gasteiger partial charge in [-0.15, -0.1) is 0 Å². The lowest BCUT2D eigenvalue weighted by Gasteiger charge is -2.22. The summed E-state index contributed by atoms with van der Waals surface area (Å²) >= 11 is 0. The smallest absolute Gasteiger partial charge is 0.311 e. The van der Waals surface area contributed by atoms with E-state index in [0.29, 0.717) is 6.42 Å². The van der Waals surface area contributed by atoms with E-state index in [0.717, 1.165) is 6.07 Å². The second kappa shape index (κ2) is 9.46. The fourth-order valence-electron chi connectivity index (χ4n) is 2.05. The minimum Gasteiger partial charge on any atom is -0.490 e. The molecule has 0 aliphatic rings. The van der Waals surface area contributed by atoms with Crippen LogP contribution in [0.4, 0.5) is 5.69 Å². The SMILES string of the molecule is COC(=O)CCN(CCCO)C(=O)c1ccc(OC)c([N+](=O)[O-])c1. The molecule has 9 heteroatoms. The van der Waals surface area contributed by atoms with Crippen molar-refractivity contribution in [2.24, 2.45) is 0 Å². The number of nitrogens with zero attached hydrogens (tertiary/aromatic N) is 2. The first-order valence-electron chi connectivity index (χ1n) is 7.24. The normalized spacial score (nSPS) is 10.1. The fourth-order valence-corrected chi connectivity index (χ4v) is 2.05. The van der Waals surface area contributed by atoms with Crippen molar-refractivity contribution >= 4 is 17.6 Å². The van der Waals surface area contributed by atoms with Gasteiger partial charge in [-0.25, -0.2) is 0 Å². The number of aliphatic hydroxyl groups is 1. The van der Waals surface area contributed by atoms with Gasteiger partial charge >= 0.3 is 11.7 Å². The lowest BCUT2D eigenvalue weighted by atomic mass is 10.1. The fraction of sp³-hybridized carbons (Fsp3) is 0.467. The van der Waals surface area contributed by atoms with Gasteiger partial charge in [0.05, 0.1) is 25.6 Å². The minimum atomic E-state index is -0.637. The summed E-state index contributed by atoms with van der Waals surface area (Å²) in [6.45, 7) is 0.183. The molecule has 1 amide bonds. The summed E-state index contributed by atoms with van der Waals surface area (Å²) in [4.78, 5) is 35.6. The van der Waals surface area contributed by atoms with Crippen LogP contribution >= 0.6 is 0 Å². The number of esters is 1. The van der Waals surface area contributed by atoms with Crippen LogP contribution in [0.2, 0.25) is 0 Å². The zero-order valence-electron chi connectivity index (χ0n) is 13.6. The molecule has 0 fully saturated rings. The van der Waals surface area contributed by atoms with Gasteiger partial charge in [0.1, 0.15) is 0 Å². The quantitative estimate of drug-likeness (QED) is 0.404. The summed E-state index contributed by atoms with van der Waals surface area (Å²) in [6, 6.07) is 3.89. The Kier molecular flexibility index (Phi) is 7.63. The van der Waals surface area contributed by atoms with E-state index in [1.165, 1.54) is 31.3 Å². The number of aliphatic hydroxyl groups excluding tert-OH is 1. The zero-order valence-corrected chi connectivity index (χ0v) is 13.6. The van der Waals surface area contributed by atoms with Crippen LogP contribution < -0.4 is 4.74 Å². The molecule has 0 bridgehead atoms. The number of amides is 1. The molecule has 0 aromatic heterocycles. The van der Waals surface area contributed by atoms with E-state index in [-0.39, 0.29) is 43.1 Å². The molecule has 0 aliphatic carbocycles. The monoisotopic (exact) mass is 340 g/mol. The average Bonchev–Trinajstić information content (AvgIpc) is 2.60. The highest BCUT2D eigenvalue weighted by Gasteiger charge is 2.22. The minimum absolute atomic E-state index is 0.00802. The van der Waals surface area contributed by atoms with Crippen molar-refractivity contribution in [1.82, 2.24) is 4.90 Å². The van der Waals surface area contributed by atoms with Crippen LogP contribution in [0.3, 0.4) is 0 Å². The van der Waals surface area contributed by atoms with E-state index in [1.54, 1.807) is 0 Å².